The average molecular weight is 337 g/mol. The van der Waals surface area contributed by atoms with Crippen LogP contribution in [0.4, 0.5) is 0 Å². The lowest BCUT2D eigenvalue weighted by atomic mass is 9.89. The minimum absolute atomic E-state index is 0.000755. The van der Waals surface area contributed by atoms with Gasteiger partial charge in [-0.25, -0.2) is 0 Å². The van der Waals surface area contributed by atoms with Gasteiger partial charge in [-0.2, -0.15) is 0 Å². The van der Waals surface area contributed by atoms with Crippen molar-refractivity contribution in [3.8, 4) is 0 Å². The average Bonchev–Trinajstić information content (AvgIpc) is 3.33. The number of hydrogen-bond acceptors (Lipinski definition) is 3. The van der Waals surface area contributed by atoms with Crippen LogP contribution in [-0.4, -0.2) is 29.6 Å². The van der Waals surface area contributed by atoms with Gasteiger partial charge in [-0.3, -0.25) is 9.69 Å². The van der Waals surface area contributed by atoms with E-state index in [2.05, 4.69) is 74.2 Å². The third-order valence-corrected chi connectivity index (χ3v) is 4.80. The molecule has 0 saturated carbocycles. The maximum absolute atomic E-state index is 12.6. The van der Waals surface area contributed by atoms with Gasteiger partial charge in [0.2, 0.25) is 0 Å². The summed E-state index contributed by atoms with van der Waals surface area (Å²) in [7, 11) is 0. The summed E-state index contributed by atoms with van der Waals surface area (Å²) in [6.45, 7) is 8.86. The molecule has 0 N–H and O–H groups in total. The van der Waals surface area contributed by atoms with Crippen LogP contribution < -0.4 is 0 Å². The first-order valence-electron chi connectivity index (χ1n) is 8.99. The second-order valence-electron chi connectivity index (χ2n) is 7.68. The molecule has 0 amide bonds. The zero-order valence-electron chi connectivity index (χ0n) is 15.5. The SMILES string of the molecule is CCOC(=O)[C@H]1[C@@H](C(C)(C)C)N1C(c1ccccc1)c1ccccc1. The minimum Gasteiger partial charge on any atom is -0.465 e. The van der Waals surface area contributed by atoms with Crippen LogP contribution in [0.5, 0.6) is 0 Å². The summed E-state index contributed by atoms with van der Waals surface area (Å²) in [4.78, 5) is 14.9. The first-order chi connectivity index (χ1) is 11.9. The number of carbonyl (C=O) groups excluding carboxylic acids is 1. The van der Waals surface area contributed by atoms with Crippen molar-refractivity contribution < 1.29 is 9.53 Å². The van der Waals surface area contributed by atoms with Crippen LogP contribution >= 0.6 is 0 Å². The molecule has 3 rings (SSSR count). The number of ether oxygens (including phenoxy) is 1. The fraction of sp³-hybridized carbons (Fsp3) is 0.409. The van der Waals surface area contributed by atoms with Gasteiger partial charge in [0.05, 0.1) is 12.6 Å². The van der Waals surface area contributed by atoms with Gasteiger partial charge in [-0.15, -0.1) is 0 Å². The van der Waals surface area contributed by atoms with Gasteiger partial charge in [-0.05, 0) is 23.5 Å². The highest BCUT2D eigenvalue weighted by Gasteiger charge is 2.61. The first kappa shape index (κ1) is 17.7. The molecule has 1 heterocycles. The van der Waals surface area contributed by atoms with Crippen LogP contribution in [0.1, 0.15) is 44.9 Å². The molecule has 3 nitrogen and oxygen atoms in total. The number of benzene rings is 2. The highest BCUT2D eigenvalue weighted by Crippen LogP contribution is 2.50. The summed E-state index contributed by atoms with van der Waals surface area (Å²) >= 11 is 0. The van der Waals surface area contributed by atoms with Crippen molar-refractivity contribution >= 4 is 5.97 Å². The molecule has 1 unspecified atom stereocenters. The Morgan fingerprint density at radius 1 is 1.00 bits per heavy atom. The second kappa shape index (κ2) is 7.01. The van der Waals surface area contributed by atoms with Crippen LogP contribution in [0.3, 0.4) is 0 Å². The Kier molecular flexibility index (Phi) is 4.96. The maximum atomic E-state index is 12.6. The van der Waals surface area contributed by atoms with Crippen molar-refractivity contribution in [1.82, 2.24) is 4.90 Å². The van der Waals surface area contributed by atoms with Crippen LogP contribution in [-0.2, 0) is 9.53 Å². The molecule has 0 aromatic heterocycles. The van der Waals surface area contributed by atoms with E-state index in [1.165, 1.54) is 11.1 Å². The van der Waals surface area contributed by atoms with Gasteiger partial charge in [0.1, 0.15) is 6.04 Å². The molecule has 132 valence electrons. The van der Waals surface area contributed by atoms with Gasteiger partial charge in [0.25, 0.3) is 0 Å². The fourth-order valence-electron chi connectivity index (χ4n) is 3.78. The van der Waals surface area contributed by atoms with Crippen molar-refractivity contribution in [1.29, 1.82) is 0 Å². The number of rotatable bonds is 5. The lowest BCUT2D eigenvalue weighted by molar-refractivity contribution is -0.143. The molecule has 1 aliphatic rings. The van der Waals surface area contributed by atoms with Gasteiger partial charge < -0.3 is 4.74 Å². The van der Waals surface area contributed by atoms with E-state index in [0.29, 0.717) is 6.61 Å². The summed E-state index contributed by atoms with van der Waals surface area (Å²) in [6, 6.07) is 20.9. The molecule has 1 fully saturated rings. The smallest absolute Gasteiger partial charge is 0.325 e. The van der Waals surface area contributed by atoms with E-state index >= 15 is 0 Å². The number of nitrogens with zero attached hydrogens (tertiary/aromatic N) is 1. The van der Waals surface area contributed by atoms with Crippen LogP contribution in [0.2, 0.25) is 0 Å². The second-order valence-corrected chi connectivity index (χ2v) is 7.68. The Labute approximate surface area is 150 Å². The normalized spacial score (nSPS) is 22.7. The third kappa shape index (κ3) is 3.62. The lowest BCUT2D eigenvalue weighted by Gasteiger charge is -2.24. The van der Waals surface area contributed by atoms with Crippen molar-refractivity contribution in [2.24, 2.45) is 5.41 Å². The molecule has 1 aliphatic heterocycles. The number of esters is 1. The Hall–Kier alpha value is -2.13. The summed E-state index contributed by atoms with van der Waals surface area (Å²) < 4.78 is 5.36. The molecular formula is C22H27NO2. The molecule has 3 heteroatoms. The molecule has 2 aromatic rings. The molecular weight excluding hydrogens is 310 g/mol. The molecule has 0 aliphatic carbocycles. The van der Waals surface area contributed by atoms with E-state index in [4.69, 9.17) is 4.74 Å². The Morgan fingerprint density at radius 2 is 1.48 bits per heavy atom. The van der Waals surface area contributed by atoms with Crippen LogP contribution in [0.15, 0.2) is 60.7 Å². The predicted molar refractivity (Wildman–Crippen MR) is 100 cm³/mol. The first-order valence-corrected chi connectivity index (χ1v) is 8.99. The van der Waals surface area contributed by atoms with E-state index in [0.717, 1.165) is 0 Å². The largest absolute Gasteiger partial charge is 0.465 e. The van der Waals surface area contributed by atoms with Gasteiger partial charge >= 0.3 is 5.97 Å². The lowest BCUT2D eigenvalue weighted by Crippen LogP contribution is -2.22. The molecule has 0 radical (unpaired) electrons. The van der Waals surface area contributed by atoms with E-state index in [-0.39, 0.29) is 29.5 Å². The number of hydrogen-bond donors (Lipinski definition) is 0. The summed E-state index contributed by atoms with van der Waals surface area (Å²) in [6.07, 6.45) is 0. The molecule has 0 bridgehead atoms. The van der Waals surface area contributed by atoms with Crippen LogP contribution in [0, 0.1) is 5.41 Å². The zero-order valence-corrected chi connectivity index (χ0v) is 15.5. The summed E-state index contributed by atoms with van der Waals surface area (Å²) in [5.41, 5.74) is 2.41. The molecule has 25 heavy (non-hydrogen) atoms. The highest BCUT2D eigenvalue weighted by atomic mass is 16.5. The number of carbonyl (C=O) groups is 1. The quantitative estimate of drug-likeness (QED) is 0.597. The summed E-state index contributed by atoms with van der Waals surface area (Å²) in [5.74, 6) is -0.112. The standard InChI is InChI=1S/C22H27NO2/c1-5-25-21(24)19-20(22(2,3)4)23(19)18(16-12-8-6-9-13-16)17-14-10-7-11-15-17/h6-15,18-20H,5H2,1-4H3/t19-,20+,23?/m1/s1. The van der Waals surface area contributed by atoms with Crippen molar-refractivity contribution in [2.75, 3.05) is 6.61 Å². The Balaban J connectivity index is 2.02. The Morgan fingerprint density at radius 3 is 1.88 bits per heavy atom. The third-order valence-electron chi connectivity index (χ3n) is 4.80. The molecule has 2 aromatic carbocycles. The van der Waals surface area contributed by atoms with Crippen molar-refractivity contribution in [3.63, 3.8) is 0 Å². The monoisotopic (exact) mass is 337 g/mol. The highest BCUT2D eigenvalue weighted by molar-refractivity contribution is 5.81. The van der Waals surface area contributed by atoms with E-state index in [1.807, 2.05) is 19.1 Å². The molecule has 1 saturated heterocycles. The van der Waals surface area contributed by atoms with Gasteiger partial charge in [0.15, 0.2) is 0 Å². The van der Waals surface area contributed by atoms with Gasteiger partial charge in [-0.1, -0.05) is 81.4 Å². The zero-order chi connectivity index (χ0) is 18.0. The fourth-order valence-corrected chi connectivity index (χ4v) is 3.78. The Bertz CT molecular complexity index is 666. The van der Waals surface area contributed by atoms with E-state index in [1.54, 1.807) is 0 Å². The summed E-state index contributed by atoms with van der Waals surface area (Å²) in [5, 5.41) is 0. The van der Waals surface area contributed by atoms with Gasteiger partial charge in [0, 0.05) is 6.04 Å². The molecule has 3 atom stereocenters. The van der Waals surface area contributed by atoms with E-state index in [9.17, 15) is 4.79 Å². The topological polar surface area (TPSA) is 29.3 Å². The predicted octanol–water partition coefficient (Wildman–Crippen LogP) is 4.44. The minimum atomic E-state index is -0.189. The van der Waals surface area contributed by atoms with Crippen molar-refractivity contribution in [2.45, 2.75) is 45.8 Å². The maximum Gasteiger partial charge on any atom is 0.325 e. The van der Waals surface area contributed by atoms with Crippen LogP contribution in [0.25, 0.3) is 0 Å². The van der Waals surface area contributed by atoms with Crippen molar-refractivity contribution in [3.05, 3.63) is 71.8 Å². The van der Waals surface area contributed by atoms with E-state index < -0.39 is 0 Å². The molecule has 0 spiro atoms.